The molecule has 0 radical (unpaired) electrons. The molecule has 0 aromatic heterocycles. The van der Waals surface area contributed by atoms with Crippen LogP contribution in [-0.4, -0.2) is 0 Å². The van der Waals surface area contributed by atoms with Gasteiger partial charge in [-0.15, -0.1) is 39.7 Å². The Morgan fingerprint density at radius 1 is 0.774 bits per heavy atom. The van der Waals surface area contributed by atoms with Gasteiger partial charge in [-0.1, -0.05) is 96.7 Å². The summed E-state index contributed by atoms with van der Waals surface area (Å²) < 4.78 is 0. The van der Waals surface area contributed by atoms with Crippen LogP contribution in [0.5, 0.6) is 0 Å². The van der Waals surface area contributed by atoms with Crippen LogP contribution in [0, 0.1) is 12.0 Å². The molecule has 0 heterocycles. The van der Waals surface area contributed by atoms with Crippen molar-refractivity contribution in [2.75, 3.05) is 0 Å². The largest absolute Gasteiger partial charge is 4.00 e. The van der Waals surface area contributed by atoms with Gasteiger partial charge in [0.15, 0.2) is 0 Å². The van der Waals surface area contributed by atoms with Crippen LogP contribution in [0.1, 0.15) is 66.5 Å². The van der Waals surface area contributed by atoms with Gasteiger partial charge in [-0.2, -0.15) is 6.08 Å². The average Bonchev–Trinajstić information content (AvgIpc) is 3.14. The van der Waals surface area contributed by atoms with E-state index in [9.17, 15) is 0 Å². The minimum Gasteiger partial charge on any atom is -1.00 e. The molecule has 1 aliphatic carbocycles. The maximum Gasteiger partial charge on any atom is 4.00 e. The van der Waals surface area contributed by atoms with E-state index in [2.05, 4.69) is 116 Å². The molecule has 0 spiro atoms. The Labute approximate surface area is 216 Å². The first-order valence-electron chi connectivity index (χ1n) is 10.4. The van der Waals surface area contributed by atoms with E-state index in [0.29, 0.717) is 5.92 Å². The van der Waals surface area contributed by atoms with Crippen LogP contribution in [0.2, 0.25) is 0 Å². The van der Waals surface area contributed by atoms with Crippen LogP contribution in [0.15, 0.2) is 60.2 Å². The van der Waals surface area contributed by atoms with Crippen LogP contribution >= 0.6 is 0 Å². The number of allylic oxidation sites excluding steroid dienone is 4. The SMILES string of the molecule is CC(C)(C)c1ccc2c(c1)[cH-]c1cc(C(C)(C)C)ccc12.CC1=[C-]C(C)C=C1.[Cl-].[Cl-].[Ti+4]. The third-order valence-corrected chi connectivity index (χ3v) is 5.53. The Morgan fingerprint density at radius 2 is 1.19 bits per heavy atom. The third-order valence-electron chi connectivity index (χ3n) is 5.53. The molecule has 0 N–H and O–H groups in total. The molecule has 3 heteroatoms. The van der Waals surface area contributed by atoms with Crippen molar-refractivity contribution in [3.05, 3.63) is 77.4 Å². The van der Waals surface area contributed by atoms with Gasteiger partial charge in [0.2, 0.25) is 0 Å². The second-order valence-corrected chi connectivity index (χ2v) is 10.2. The molecule has 0 aliphatic heterocycles. The minimum atomic E-state index is 0. The fourth-order valence-electron chi connectivity index (χ4n) is 3.70. The molecule has 1 unspecified atom stereocenters. The molecular formula is C28H34Cl2Ti. The maximum atomic E-state index is 3.22. The molecule has 31 heavy (non-hydrogen) atoms. The van der Waals surface area contributed by atoms with E-state index in [-0.39, 0.29) is 57.4 Å². The van der Waals surface area contributed by atoms with Crippen LogP contribution in [0.25, 0.3) is 21.5 Å². The maximum absolute atomic E-state index is 3.22. The molecule has 1 aliphatic rings. The molecule has 0 bridgehead atoms. The summed E-state index contributed by atoms with van der Waals surface area (Å²) in [5.41, 5.74) is 4.48. The standard InChI is InChI=1S/C21H25.C7H9.2ClH.Ti/c1-20(2,3)16-7-9-18-14(12-16)11-15-13-17(21(4,5)6)8-10-19(15)18;1-6-3-4-7(2)5-6;;;/h7-13H,1-6H3;3-4,6H,1-2H3;2*1H;/q2*-1;;;+4/p-2. The number of hydrogen-bond donors (Lipinski definition) is 0. The zero-order chi connectivity index (χ0) is 20.7. The smallest absolute Gasteiger partial charge is 1.00 e. The Bertz CT molecular complexity index is 988. The average molecular weight is 489 g/mol. The van der Waals surface area contributed by atoms with Gasteiger partial charge in [0, 0.05) is 0 Å². The van der Waals surface area contributed by atoms with E-state index in [0.717, 1.165) is 0 Å². The molecule has 3 aromatic carbocycles. The first kappa shape index (κ1) is 30.1. The van der Waals surface area contributed by atoms with Crippen molar-refractivity contribution in [3.8, 4) is 0 Å². The summed E-state index contributed by atoms with van der Waals surface area (Å²) in [5.74, 6) is 0.556. The van der Waals surface area contributed by atoms with Gasteiger partial charge in [0.1, 0.15) is 0 Å². The molecule has 0 saturated carbocycles. The molecule has 4 rings (SSSR count). The zero-order valence-corrected chi connectivity index (χ0v) is 23.1. The number of fused-ring (bicyclic) bond motifs is 3. The molecule has 1 atom stereocenters. The summed E-state index contributed by atoms with van der Waals surface area (Å²) >= 11 is 0. The summed E-state index contributed by atoms with van der Waals surface area (Å²) in [7, 11) is 0. The van der Waals surface area contributed by atoms with Crippen molar-refractivity contribution in [2.24, 2.45) is 5.92 Å². The molecule has 0 nitrogen and oxygen atoms in total. The third kappa shape index (κ3) is 7.29. The first-order valence-corrected chi connectivity index (χ1v) is 10.4. The summed E-state index contributed by atoms with van der Waals surface area (Å²) in [4.78, 5) is 0. The summed E-state index contributed by atoms with van der Waals surface area (Å²) in [6.07, 6.45) is 7.47. The second kappa shape index (κ2) is 11.3. The topological polar surface area (TPSA) is 0 Å². The number of rotatable bonds is 0. The Hall–Kier alpha value is -0.916. The monoisotopic (exact) mass is 488 g/mol. The van der Waals surface area contributed by atoms with E-state index >= 15 is 0 Å². The quantitative estimate of drug-likeness (QED) is 0.336. The van der Waals surface area contributed by atoms with Gasteiger partial charge in [0.25, 0.3) is 0 Å². The van der Waals surface area contributed by atoms with Gasteiger partial charge < -0.3 is 24.8 Å². The molecule has 0 saturated heterocycles. The van der Waals surface area contributed by atoms with Crippen molar-refractivity contribution in [1.29, 1.82) is 0 Å². The van der Waals surface area contributed by atoms with Crippen LogP contribution in [-0.2, 0) is 32.5 Å². The van der Waals surface area contributed by atoms with Gasteiger partial charge in [-0.3, -0.25) is 6.08 Å². The number of benzene rings is 2. The normalized spacial score (nSPS) is 15.4. The van der Waals surface area contributed by atoms with E-state index in [1.807, 2.05) is 0 Å². The predicted molar refractivity (Wildman–Crippen MR) is 125 cm³/mol. The summed E-state index contributed by atoms with van der Waals surface area (Å²) in [5, 5.41) is 5.48. The fraction of sp³-hybridized carbons (Fsp3) is 0.393. The van der Waals surface area contributed by atoms with E-state index in [1.165, 1.54) is 38.2 Å². The van der Waals surface area contributed by atoms with Crippen LogP contribution in [0.4, 0.5) is 0 Å². The zero-order valence-electron chi connectivity index (χ0n) is 20.0. The van der Waals surface area contributed by atoms with Crippen molar-refractivity contribution in [2.45, 2.75) is 66.2 Å². The minimum absolute atomic E-state index is 0. The Morgan fingerprint density at radius 3 is 1.45 bits per heavy atom. The second-order valence-electron chi connectivity index (χ2n) is 10.2. The van der Waals surface area contributed by atoms with E-state index < -0.39 is 0 Å². The molecule has 164 valence electrons. The Balaban J connectivity index is 0.000000777. The van der Waals surface area contributed by atoms with Crippen molar-refractivity contribution < 1.29 is 46.5 Å². The molecule has 0 fully saturated rings. The van der Waals surface area contributed by atoms with E-state index in [4.69, 9.17) is 0 Å². The van der Waals surface area contributed by atoms with Gasteiger partial charge in [0.05, 0.1) is 0 Å². The summed E-state index contributed by atoms with van der Waals surface area (Å²) in [6, 6.07) is 16.2. The van der Waals surface area contributed by atoms with Gasteiger partial charge >= 0.3 is 21.7 Å². The van der Waals surface area contributed by atoms with Crippen LogP contribution < -0.4 is 24.8 Å². The first-order chi connectivity index (χ1) is 12.9. The van der Waals surface area contributed by atoms with Gasteiger partial charge in [-0.05, 0) is 10.8 Å². The van der Waals surface area contributed by atoms with Gasteiger partial charge in [-0.25, -0.2) is 11.6 Å². The summed E-state index contributed by atoms with van der Waals surface area (Å²) in [6.45, 7) is 17.8. The van der Waals surface area contributed by atoms with E-state index in [1.54, 1.807) is 0 Å². The molecule has 0 amide bonds. The predicted octanol–water partition coefficient (Wildman–Crippen LogP) is 2.25. The fourth-order valence-corrected chi connectivity index (χ4v) is 3.70. The van der Waals surface area contributed by atoms with Crippen molar-refractivity contribution in [3.63, 3.8) is 0 Å². The Kier molecular flexibility index (Phi) is 11.0. The molecule has 3 aromatic rings. The number of halogens is 2. The van der Waals surface area contributed by atoms with Crippen molar-refractivity contribution in [1.82, 2.24) is 0 Å². The number of hydrogen-bond acceptors (Lipinski definition) is 0. The van der Waals surface area contributed by atoms with Crippen LogP contribution in [0.3, 0.4) is 0 Å². The van der Waals surface area contributed by atoms with Crippen molar-refractivity contribution >= 4 is 21.5 Å². The molecular weight excluding hydrogens is 455 g/mol.